The molecule has 0 spiro atoms. The van der Waals surface area contributed by atoms with Gasteiger partial charge in [-0.15, -0.1) is 0 Å². The van der Waals surface area contributed by atoms with E-state index in [2.05, 4.69) is 13.8 Å². The van der Waals surface area contributed by atoms with Crippen LogP contribution in [0.5, 0.6) is 0 Å². The highest BCUT2D eigenvalue weighted by atomic mass is 35.5. The molecule has 5 heteroatoms. The fraction of sp³-hybridized carbons (Fsp3) is 0.226. The third kappa shape index (κ3) is 4.16. The van der Waals surface area contributed by atoms with Crippen LogP contribution >= 0.6 is 11.6 Å². The number of rotatable bonds is 3. The van der Waals surface area contributed by atoms with Crippen LogP contribution in [0.3, 0.4) is 0 Å². The number of para-hydroxylation sites is 1. The van der Waals surface area contributed by atoms with Gasteiger partial charge in [0.05, 0.1) is 0 Å². The number of aliphatic hydroxyl groups excluding tert-OH is 1. The van der Waals surface area contributed by atoms with E-state index in [0.29, 0.717) is 40.1 Å². The number of hydrogen-bond acceptors (Lipinski definition) is 3. The van der Waals surface area contributed by atoms with Crippen LogP contribution in [0.15, 0.2) is 95.7 Å². The van der Waals surface area contributed by atoms with E-state index in [9.17, 15) is 15.3 Å². The number of carbonyl (C=O) groups is 1. The van der Waals surface area contributed by atoms with Crippen molar-refractivity contribution in [1.82, 2.24) is 0 Å². The number of aliphatic hydroxyl groups is 1. The number of nitrogens with one attached hydrogen (secondary N) is 1. The summed E-state index contributed by atoms with van der Waals surface area (Å²) in [6, 6.07) is 24.6. The van der Waals surface area contributed by atoms with Gasteiger partial charge in [0.15, 0.2) is 5.78 Å². The molecule has 1 aliphatic heterocycles. The van der Waals surface area contributed by atoms with Crippen molar-refractivity contribution in [3.63, 3.8) is 0 Å². The first-order valence-electron chi connectivity index (χ1n) is 12.1. The van der Waals surface area contributed by atoms with Crippen LogP contribution in [0, 0.1) is 17.7 Å². The molecule has 0 amide bonds. The Morgan fingerprint density at radius 2 is 1.61 bits per heavy atom. The molecule has 2 aliphatic rings. The lowest BCUT2D eigenvalue weighted by atomic mass is 9.67. The molecule has 3 aromatic rings. The number of aryl methyl sites for hydroxylation is 1. The second-order valence-corrected chi connectivity index (χ2v) is 10.8. The van der Waals surface area contributed by atoms with Crippen molar-refractivity contribution in [3.05, 3.63) is 117 Å². The molecule has 0 bridgehead atoms. The predicted octanol–water partition coefficient (Wildman–Crippen LogP) is 7.84. The second kappa shape index (κ2) is 9.11. The van der Waals surface area contributed by atoms with Gasteiger partial charge < -0.3 is 5.11 Å². The van der Waals surface area contributed by atoms with Crippen LogP contribution in [-0.2, 0) is 4.79 Å². The summed E-state index contributed by atoms with van der Waals surface area (Å²) in [7, 11) is 0. The lowest BCUT2D eigenvalue weighted by Gasteiger charge is -2.45. The van der Waals surface area contributed by atoms with Gasteiger partial charge in [-0.2, -0.15) is 0 Å². The summed E-state index contributed by atoms with van der Waals surface area (Å²) >= 11 is 6.71. The van der Waals surface area contributed by atoms with Gasteiger partial charge in [0.1, 0.15) is 11.6 Å². The molecule has 0 radical (unpaired) electrons. The Bertz CT molecular complexity index is 1420. The number of hydrogen-bond donors (Lipinski definition) is 2. The first-order valence-corrected chi connectivity index (χ1v) is 12.5. The molecule has 0 aromatic heterocycles. The molecular formula is C31H29ClN2O2. The first-order chi connectivity index (χ1) is 17.2. The molecule has 0 saturated carbocycles. The highest BCUT2D eigenvalue weighted by molar-refractivity contribution is 6.32. The first kappa shape index (κ1) is 24.1. The molecular weight excluding hydrogens is 468 g/mol. The van der Waals surface area contributed by atoms with Gasteiger partial charge in [-0.05, 0) is 42.5 Å². The van der Waals surface area contributed by atoms with E-state index in [1.54, 1.807) is 6.07 Å². The van der Waals surface area contributed by atoms with E-state index in [4.69, 9.17) is 11.6 Å². The van der Waals surface area contributed by atoms with Crippen LogP contribution in [0.2, 0.25) is 5.02 Å². The molecule has 182 valence electrons. The number of Topliss-reactive ketones (excluding diaryl/α,β-unsaturated/α-hetero) is 1. The zero-order valence-corrected chi connectivity index (χ0v) is 21.4. The van der Waals surface area contributed by atoms with Gasteiger partial charge in [-0.1, -0.05) is 91.7 Å². The average Bonchev–Trinajstić information content (AvgIpc) is 2.83. The van der Waals surface area contributed by atoms with Crippen molar-refractivity contribution in [2.24, 2.45) is 5.41 Å². The summed E-state index contributed by atoms with van der Waals surface area (Å²) in [6.07, 6.45) is 1.02. The number of anilines is 1. The molecule has 36 heavy (non-hydrogen) atoms. The molecule has 0 saturated heterocycles. The van der Waals surface area contributed by atoms with E-state index in [0.717, 1.165) is 16.9 Å². The number of halogens is 1. The molecule has 1 unspecified atom stereocenters. The summed E-state index contributed by atoms with van der Waals surface area (Å²) < 4.78 is 0. The predicted molar refractivity (Wildman–Crippen MR) is 147 cm³/mol. The number of ketones is 1. The molecule has 1 heterocycles. The Balaban J connectivity index is 1.87. The van der Waals surface area contributed by atoms with Crippen LogP contribution < -0.4 is 4.90 Å². The lowest BCUT2D eigenvalue weighted by Crippen LogP contribution is -2.45. The van der Waals surface area contributed by atoms with Gasteiger partial charge in [-0.25, -0.2) is 0 Å². The van der Waals surface area contributed by atoms with E-state index in [1.807, 2.05) is 84.6 Å². The topological polar surface area (TPSA) is 64.4 Å². The minimum Gasteiger partial charge on any atom is -0.507 e. The Morgan fingerprint density at radius 1 is 0.972 bits per heavy atom. The smallest absolute Gasteiger partial charge is 0.162 e. The summed E-state index contributed by atoms with van der Waals surface area (Å²) in [4.78, 5) is 15.7. The molecule has 5 rings (SSSR count). The van der Waals surface area contributed by atoms with Crippen molar-refractivity contribution >= 4 is 34.7 Å². The third-order valence-corrected chi connectivity index (χ3v) is 7.38. The Hall–Kier alpha value is -3.63. The van der Waals surface area contributed by atoms with Crippen molar-refractivity contribution in [3.8, 4) is 0 Å². The zero-order valence-electron chi connectivity index (χ0n) is 20.7. The van der Waals surface area contributed by atoms with E-state index >= 15 is 0 Å². The van der Waals surface area contributed by atoms with Gasteiger partial charge in [0.25, 0.3) is 0 Å². The van der Waals surface area contributed by atoms with E-state index < -0.39 is 5.92 Å². The van der Waals surface area contributed by atoms with E-state index in [-0.39, 0.29) is 22.8 Å². The number of benzene rings is 3. The van der Waals surface area contributed by atoms with Crippen LogP contribution in [0.1, 0.15) is 49.3 Å². The number of allylic oxidation sites excluding steroid dienone is 2. The quantitative estimate of drug-likeness (QED) is 0.363. The molecule has 0 fully saturated rings. The van der Waals surface area contributed by atoms with Crippen molar-refractivity contribution in [1.29, 1.82) is 5.41 Å². The maximum Gasteiger partial charge on any atom is 0.162 e. The highest BCUT2D eigenvalue weighted by Gasteiger charge is 2.47. The van der Waals surface area contributed by atoms with Gasteiger partial charge in [-0.3, -0.25) is 15.1 Å². The number of nitrogens with zero attached hydrogens (tertiary/aromatic N) is 1. The van der Waals surface area contributed by atoms with Gasteiger partial charge in [0.2, 0.25) is 0 Å². The van der Waals surface area contributed by atoms with Crippen molar-refractivity contribution < 1.29 is 9.90 Å². The van der Waals surface area contributed by atoms with Crippen molar-refractivity contribution in [2.45, 2.75) is 39.5 Å². The second-order valence-electron chi connectivity index (χ2n) is 10.4. The zero-order chi connectivity index (χ0) is 25.6. The number of amidine groups is 1. The standard InChI is InChI=1S/C31H29ClN2O2/c1-19-13-15-20(16-14-19)29(36)28-26(22-11-7-8-12-23(22)32)27-24(17-31(2,3)18-25(27)35)34(30(28)33)21-9-5-4-6-10-21/h4-16,26,33,36H,17-18H2,1-3H3/b29-28+,33-30?. The summed E-state index contributed by atoms with van der Waals surface area (Å²) in [6.45, 7) is 6.15. The molecule has 3 aromatic carbocycles. The van der Waals surface area contributed by atoms with Gasteiger partial charge in [0, 0.05) is 45.5 Å². The minimum atomic E-state index is -0.647. The molecule has 2 N–H and O–H groups in total. The fourth-order valence-corrected chi connectivity index (χ4v) is 5.61. The summed E-state index contributed by atoms with van der Waals surface area (Å²) in [5.74, 6) is -0.497. The van der Waals surface area contributed by atoms with Crippen LogP contribution in [0.25, 0.3) is 5.76 Å². The average molecular weight is 497 g/mol. The monoisotopic (exact) mass is 496 g/mol. The largest absolute Gasteiger partial charge is 0.507 e. The van der Waals surface area contributed by atoms with Crippen LogP contribution in [0.4, 0.5) is 5.69 Å². The number of carbonyl (C=O) groups excluding carboxylic acids is 1. The Morgan fingerprint density at radius 3 is 2.28 bits per heavy atom. The Kier molecular flexibility index (Phi) is 6.09. The van der Waals surface area contributed by atoms with Gasteiger partial charge >= 0.3 is 0 Å². The van der Waals surface area contributed by atoms with Crippen LogP contribution in [-0.4, -0.2) is 16.7 Å². The highest BCUT2D eigenvalue weighted by Crippen LogP contribution is 2.52. The summed E-state index contributed by atoms with van der Waals surface area (Å²) in [5, 5.41) is 21.7. The summed E-state index contributed by atoms with van der Waals surface area (Å²) in [5.41, 5.74) is 4.69. The fourth-order valence-electron chi connectivity index (χ4n) is 5.36. The minimum absolute atomic E-state index is 0.0185. The maximum absolute atomic E-state index is 13.9. The lowest BCUT2D eigenvalue weighted by molar-refractivity contribution is -0.118. The third-order valence-electron chi connectivity index (χ3n) is 7.03. The SMILES string of the molecule is Cc1ccc(/C(O)=C2\C(=N)N(c3ccccc3)C3=C(C(=O)CC(C)(C)C3)C2c2ccccc2Cl)cc1. The normalized spacial score (nSPS) is 20.9. The molecule has 1 atom stereocenters. The maximum atomic E-state index is 13.9. The molecule has 1 aliphatic carbocycles. The van der Waals surface area contributed by atoms with E-state index in [1.165, 1.54) is 0 Å². The Labute approximate surface area is 217 Å². The molecule has 4 nitrogen and oxygen atoms in total. The van der Waals surface area contributed by atoms with Crippen molar-refractivity contribution in [2.75, 3.05) is 4.90 Å².